The van der Waals surface area contributed by atoms with Crippen LogP contribution < -0.4 is 10.6 Å². The number of carbonyl (C=O) groups is 3. The Hall–Kier alpha value is -2.93. The number of aryl methyl sites for hydroxylation is 2. The number of carbonyl (C=O) groups excluding carboxylic acids is 3. The average molecular weight is 407 g/mol. The number of rotatable bonds is 6. The summed E-state index contributed by atoms with van der Waals surface area (Å²) in [6.45, 7) is 4.74. The van der Waals surface area contributed by atoms with Crippen LogP contribution in [0.2, 0.25) is 5.02 Å². The van der Waals surface area contributed by atoms with E-state index < -0.39 is 36.2 Å². The Morgan fingerprint density at radius 2 is 1.82 bits per heavy atom. The van der Waals surface area contributed by atoms with Crippen LogP contribution in [0.5, 0.6) is 0 Å². The summed E-state index contributed by atoms with van der Waals surface area (Å²) in [7, 11) is 0. The van der Waals surface area contributed by atoms with E-state index in [2.05, 4.69) is 10.6 Å². The smallest absolute Gasteiger partial charge is 0.326 e. The lowest BCUT2D eigenvalue weighted by Crippen LogP contribution is -2.36. The third kappa shape index (κ3) is 5.79. The first-order valence-electron chi connectivity index (χ1n) is 8.48. The van der Waals surface area contributed by atoms with Gasteiger partial charge in [0.25, 0.3) is 11.8 Å². The fourth-order valence-electron chi connectivity index (χ4n) is 2.25. The third-order valence-electron chi connectivity index (χ3n) is 4.03. The Kier molecular flexibility index (Phi) is 7.12. The normalized spacial score (nSPS) is 11.5. The Bertz CT molecular complexity index is 917. The molecule has 0 heterocycles. The van der Waals surface area contributed by atoms with Crippen molar-refractivity contribution in [2.45, 2.75) is 26.9 Å². The summed E-state index contributed by atoms with van der Waals surface area (Å²) in [4.78, 5) is 36.0. The molecule has 148 valence electrons. The first-order chi connectivity index (χ1) is 13.2. The largest absolute Gasteiger partial charge is 0.451 e. The van der Waals surface area contributed by atoms with E-state index in [0.717, 1.165) is 17.2 Å². The van der Waals surface area contributed by atoms with Gasteiger partial charge in [-0.05, 0) is 62.2 Å². The number of hydrogen-bond acceptors (Lipinski definition) is 4. The quantitative estimate of drug-likeness (QED) is 0.720. The van der Waals surface area contributed by atoms with Crippen molar-refractivity contribution in [1.82, 2.24) is 5.32 Å². The summed E-state index contributed by atoms with van der Waals surface area (Å²) in [5.41, 5.74) is 2.34. The van der Waals surface area contributed by atoms with Crippen LogP contribution in [-0.4, -0.2) is 30.4 Å². The number of benzene rings is 2. The minimum absolute atomic E-state index is 0.0830. The number of ether oxygens (including phenoxy) is 1. The summed E-state index contributed by atoms with van der Waals surface area (Å²) in [6.07, 6.45) is -1.18. The first-order valence-corrected chi connectivity index (χ1v) is 8.86. The maximum absolute atomic E-state index is 13.7. The van der Waals surface area contributed by atoms with Gasteiger partial charge in [-0.25, -0.2) is 4.39 Å². The minimum atomic E-state index is -1.18. The molecule has 0 aromatic heterocycles. The lowest BCUT2D eigenvalue weighted by atomic mass is 10.1. The second kappa shape index (κ2) is 9.32. The zero-order valence-electron chi connectivity index (χ0n) is 15.6. The van der Waals surface area contributed by atoms with Crippen molar-refractivity contribution in [3.63, 3.8) is 0 Å². The van der Waals surface area contributed by atoms with Gasteiger partial charge >= 0.3 is 5.97 Å². The van der Waals surface area contributed by atoms with Crippen LogP contribution in [0, 0.1) is 19.7 Å². The molecule has 2 amide bonds. The Morgan fingerprint density at radius 3 is 2.46 bits per heavy atom. The molecule has 0 saturated heterocycles. The van der Waals surface area contributed by atoms with Crippen LogP contribution in [0.3, 0.4) is 0 Å². The molecule has 0 fully saturated rings. The second-order valence-corrected chi connectivity index (χ2v) is 6.66. The first kappa shape index (κ1) is 21.4. The van der Waals surface area contributed by atoms with Gasteiger partial charge in [0.05, 0.1) is 5.69 Å². The Balaban J connectivity index is 1.85. The van der Waals surface area contributed by atoms with Gasteiger partial charge in [-0.15, -0.1) is 0 Å². The second-order valence-electron chi connectivity index (χ2n) is 6.23. The number of halogens is 2. The molecule has 0 spiro atoms. The van der Waals surface area contributed by atoms with Crippen molar-refractivity contribution in [3.8, 4) is 0 Å². The fraction of sp³-hybridized carbons (Fsp3) is 0.250. The van der Waals surface area contributed by atoms with E-state index in [1.165, 1.54) is 19.1 Å². The minimum Gasteiger partial charge on any atom is -0.451 e. The van der Waals surface area contributed by atoms with Gasteiger partial charge in [0.2, 0.25) is 0 Å². The highest BCUT2D eigenvalue weighted by atomic mass is 35.5. The molecule has 2 N–H and O–H groups in total. The summed E-state index contributed by atoms with van der Waals surface area (Å²) < 4.78 is 18.7. The maximum Gasteiger partial charge on any atom is 0.326 e. The van der Waals surface area contributed by atoms with Crippen LogP contribution in [0.25, 0.3) is 0 Å². The molecule has 2 rings (SSSR count). The Morgan fingerprint density at radius 1 is 1.11 bits per heavy atom. The molecule has 28 heavy (non-hydrogen) atoms. The molecule has 0 bridgehead atoms. The molecule has 2 aromatic carbocycles. The van der Waals surface area contributed by atoms with Crippen LogP contribution in [0.4, 0.5) is 10.1 Å². The standard InChI is InChI=1S/C20H20ClFN2O4/c1-11-4-5-14(8-12(11)2)20(27)23-10-18(25)28-13(3)19(26)24-17-7-6-15(21)9-16(17)22/h4-9,13H,10H2,1-3H3,(H,23,27)(H,24,26)/t13-/m0/s1. The zero-order valence-corrected chi connectivity index (χ0v) is 16.4. The van der Waals surface area contributed by atoms with Gasteiger partial charge in [-0.3, -0.25) is 14.4 Å². The molecule has 0 radical (unpaired) electrons. The molecule has 8 heteroatoms. The SMILES string of the molecule is Cc1ccc(C(=O)NCC(=O)O[C@@H](C)C(=O)Nc2ccc(Cl)cc2F)cc1C. The van der Waals surface area contributed by atoms with E-state index in [-0.39, 0.29) is 10.7 Å². The molecular weight excluding hydrogens is 387 g/mol. The van der Waals surface area contributed by atoms with Gasteiger partial charge in [-0.2, -0.15) is 0 Å². The highest BCUT2D eigenvalue weighted by molar-refractivity contribution is 6.30. The number of nitrogens with one attached hydrogen (secondary N) is 2. The lowest BCUT2D eigenvalue weighted by Gasteiger charge is -2.14. The van der Waals surface area contributed by atoms with Crippen molar-refractivity contribution in [3.05, 3.63) is 63.9 Å². The van der Waals surface area contributed by atoms with Crippen LogP contribution in [-0.2, 0) is 14.3 Å². The van der Waals surface area contributed by atoms with Crippen molar-refractivity contribution in [2.24, 2.45) is 0 Å². The lowest BCUT2D eigenvalue weighted by molar-refractivity contribution is -0.152. The van der Waals surface area contributed by atoms with Crippen molar-refractivity contribution >= 4 is 35.1 Å². The van der Waals surface area contributed by atoms with E-state index in [0.29, 0.717) is 5.56 Å². The van der Waals surface area contributed by atoms with E-state index in [4.69, 9.17) is 16.3 Å². The molecule has 0 saturated carbocycles. The molecule has 6 nitrogen and oxygen atoms in total. The van der Waals surface area contributed by atoms with Crippen molar-refractivity contribution in [1.29, 1.82) is 0 Å². The van der Waals surface area contributed by atoms with Gasteiger partial charge in [0, 0.05) is 10.6 Å². The predicted octanol–water partition coefficient (Wildman–Crippen LogP) is 3.40. The van der Waals surface area contributed by atoms with Crippen LogP contribution in [0.15, 0.2) is 36.4 Å². The van der Waals surface area contributed by atoms with Crippen LogP contribution >= 0.6 is 11.6 Å². The van der Waals surface area contributed by atoms with Crippen LogP contribution in [0.1, 0.15) is 28.4 Å². The summed E-state index contributed by atoms with van der Waals surface area (Å²) in [6, 6.07) is 8.95. The molecule has 1 atom stereocenters. The molecule has 0 aliphatic heterocycles. The highest BCUT2D eigenvalue weighted by Crippen LogP contribution is 2.19. The van der Waals surface area contributed by atoms with E-state index in [9.17, 15) is 18.8 Å². The summed E-state index contributed by atoms with van der Waals surface area (Å²) in [5.74, 6) is -2.65. The number of amides is 2. The van der Waals surface area contributed by atoms with E-state index in [1.54, 1.807) is 12.1 Å². The number of hydrogen-bond donors (Lipinski definition) is 2. The zero-order chi connectivity index (χ0) is 20.8. The molecule has 2 aromatic rings. The maximum atomic E-state index is 13.7. The molecule has 0 unspecified atom stereocenters. The topological polar surface area (TPSA) is 84.5 Å². The fourth-order valence-corrected chi connectivity index (χ4v) is 2.41. The Labute approximate surface area is 167 Å². The highest BCUT2D eigenvalue weighted by Gasteiger charge is 2.20. The molecule has 0 aliphatic rings. The third-order valence-corrected chi connectivity index (χ3v) is 4.26. The number of esters is 1. The average Bonchev–Trinajstić information content (AvgIpc) is 2.64. The summed E-state index contributed by atoms with van der Waals surface area (Å²) in [5, 5.41) is 4.93. The monoisotopic (exact) mass is 406 g/mol. The predicted molar refractivity (Wildman–Crippen MR) is 104 cm³/mol. The molecule has 0 aliphatic carbocycles. The van der Waals surface area contributed by atoms with E-state index >= 15 is 0 Å². The molecular formula is C20H20ClFN2O4. The van der Waals surface area contributed by atoms with E-state index in [1.807, 2.05) is 19.9 Å². The van der Waals surface area contributed by atoms with Gasteiger partial charge in [-0.1, -0.05) is 17.7 Å². The van der Waals surface area contributed by atoms with Crippen molar-refractivity contribution in [2.75, 3.05) is 11.9 Å². The van der Waals surface area contributed by atoms with Gasteiger partial charge in [0.1, 0.15) is 12.4 Å². The van der Waals surface area contributed by atoms with Gasteiger partial charge in [0.15, 0.2) is 6.10 Å². The van der Waals surface area contributed by atoms with Gasteiger partial charge < -0.3 is 15.4 Å². The summed E-state index contributed by atoms with van der Waals surface area (Å²) >= 11 is 5.65. The number of anilines is 1. The van der Waals surface area contributed by atoms with Crippen molar-refractivity contribution < 1.29 is 23.5 Å².